The quantitative estimate of drug-likeness (QED) is 0.0488. The summed E-state index contributed by atoms with van der Waals surface area (Å²) >= 11 is 0. The molecular weight excluding hydrogens is 785 g/mol. The lowest BCUT2D eigenvalue weighted by Crippen LogP contribution is -2.31. The van der Waals surface area contributed by atoms with Crippen molar-refractivity contribution in [1.82, 2.24) is 0 Å². The molecule has 0 aliphatic carbocycles. The minimum absolute atomic E-state index is 0.0202. The Morgan fingerprint density at radius 2 is 0.500 bits per heavy atom. The summed E-state index contributed by atoms with van der Waals surface area (Å²) < 4.78 is 5.37. The summed E-state index contributed by atoms with van der Waals surface area (Å²) in [7, 11) is 0. The monoisotopic (exact) mass is 905 g/mol. The summed E-state index contributed by atoms with van der Waals surface area (Å²) in [6.45, 7) is 12.0. The van der Waals surface area contributed by atoms with Gasteiger partial charge in [0.25, 0.3) is 0 Å². The van der Waals surface area contributed by atoms with E-state index in [1.54, 1.807) is 0 Å². The molecule has 0 radical (unpaired) electrons. The average Bonchev–Trinajstić information content (AvgIpc) is 3.29. The van der Waals surface area contributed by atoms with Gasteiger partial charge in [-0.3, -0.25) is 9.59 Å². The lowest BCUT2D eigenvalue weighted by Gasteiger charge is -2.30. The van der Waals surface area contributed by atoms with Gasteiger partial charge < -0.3 is 9.84 Å². The van der Waals surface area contributed by atoms with E-state index < -0.39 is 11.4 Å². The zero-order chi connectivity index (χ0) is 47.1. The Morgan fingerprint density at radius 1 is 0.297 bits per heavy atom. The number of ether oxygens (including phenoxy) is 1. The highest BCUT2D eigenvalue weighted by atomic mass is 16.5. The number of hydrogen-bond donors (Lipinski definition) is 1. The Balaban J connectivity index is 0. The van der Waals surface area contributed by atoms with E-state index in [9.17, 15) is 14.7 Å². The van der Waals surface area contributed by atoms with Gasteiger partial charge in [-0.25, -0.2) is 0 Å². The van der Waals surface area contributed by atoms with Gasteiger partial charge in [0.1, 0.15) is 0 Å². The van der Waals surface area contributed by atoms with E-state index in [2.05, 4.69) is 34.6 Å². The Hall–Kier alpha value is -1.06. The number of carboxylic acids is 1. The van der Waals surface area contributed by atoms with E-state index >= 15 is 0 Å². The molecule has 0 aliphatic heterocycles. The number of esters is 1. The molecule has 0 spiro atoms. The zero-order valence-electron chi connectivity index (χ0n) is 44.9. The first-order valence-corrected chi connectivity index (χ1v) is 29.8. The molecule has 0 aromatic rings. The van der Waals surface area contributed by atoms with Crippen LogP contribution in [0.25, 0.3) is 0 Å². The second-order valence-corrected chi connectivity index (χ2v) is 20.7. The summed E-state index contributed by atoms with van der Waals surface area (Å²) in [6.07, 6.45) is 65.0. The largest absolute Gasteiger partial charge is 0.481 e. The van der Waals surface area contributed by atoms with Crippen LogP contribution in [0.4, 0.5) is 0 Å². The van der Waals surface area contributed by atoms with E-state index in [-0.39, 0.29) is 5.97 Å². The number of carboxylic acid groups (broad SMARTS) is 1. The van der Waals surface area contributed by atoms with Crippen LogP contribution >= 0.6 is 0 Å². The van der Waals surface area contributed by atoms with Crippen LogP contribution in [0.15, 0.2) is 0 Å². The van der Waals surface area contributed by atoms with Crippen LogP contribution in [0.1, 0.15) is 362 Å². The standard InChI is InChI=1S/C34H68O2.C26H52O2/c1-4-7-10-13-16-18-20-22-25-28-31-34(33(35)36,30-27-24-15-12-9-6-3)32-29-26-23-21-19-17-14-11-8-5-2;1-3-5-7-9-11-13-15-16-18-20-22-24-26(27)28-25-23-21-19-17-14-12-10-8-6-4-2/h4-32H2,1-3H3,(H,35,36);3-25H2,1-2H3. The number of rotatable bonds is 53. The van der Waals surface area contributed by atoms with Gasteiger partial charge in [0.15, 0.2) is 0 Å². The van der Waals surface area contributed by atoms with Gasteiger partial charge in [0.2, 0.25) is 0 Å². The number of aliphatic carboxylic acids is 1. The summed E-state index contributed by atoms with van der Waals surface area (Å²) in [5.41, 5.74) is -0.453. The molecule has 0 amide bonds. The highest BCUT2D eigenvalue weighted by Crippen LogP contribution is 2.38. The van der Waals surface area contributed by atoms with Crippen LogP contribution in [0.5, 0.6) is 0 Å². The molecule has 64 heavy (non-hydrogen) atoms. The summed E-state index contributed by atoms with van der Waals surface area (Å²) in [5, 5.41) is 10.4. The van der Waals surface area contributed by atoms with Crippen molar-refractivity contribution in [3.8, 4) is 0 Å². The van der Waals surface area contributed by atoms with Gasteiger partial charge in [-0.1, -0.05) is 324 Å². The molecule has 0 aliphatic rings. The van der Waals surface area contributed by atoms with Crippen molar-refractivity contribution < 1.29 is 19.4 Å². The molecule has 0 fully saturated rings. The average molecular weight is 906 g/mol. The van der Waals surface area contributed by atoms with Crippen molar-refractivity contribution in [3.05, 3.63) is 0 Å². The van der Waals surface area contributed by atoms with Crippen LogP contribution < -0.4 is 0 Å². The summed E-state index contributed by atoms with van der Waals surface area (Å²) in [4.78, 5) is 24.3. The van der Waals surface area contributed by atoms with Gasteiger partial charge >= 0.3 is 11.9 Å². The number of unbranched alkanes of at least 4 members (excludes halogenated alkanes) is 42. The van der Waals surface area contributed by atoms with Gasteiger partial charge in [0.05, 0.1) is 12.0 Å². The minimum Gasteiger partial charge on any atom is -0.481 e. The fourth-order valence-electron chi connectivity index (χ4n) is 9.62. The molecule has 0 atom stereocenters. The molecule has 4 heteroatoms. The third-order valence-electron chi connectivity index (χ3n) is 14.2. The topological polar surface area (TPSA) is 63.6 Å². The van der Waals surface area contributed by atoms with Crippen LogP contribution in [-0.4, -0.2) is 23.7 Å². The minimum atomic E-state index is -0.497. The molecular formula is C60H120O4. The molecule has 4 nitrogen and oxygen atoms in total. The van der Waals surface area contributed by atoms with Crippen molar-refractivity contribution in [1.29, 1.82) is 0 Å². The third-order valence-corrected chi connectivity index (χ3v) is 14.2. The van der Waals surface area contributed by atoms with E-state index in [1.165, 1.54) is 270 Å². The highest BCUT2D eigenvalue weighted by molar-refractivity contribution is 5.74. The van der Waals surface area contributed by atoms with Crippen molar-refractivity contribution in [2.75, 3.05) is 6.61 Å². The highest BCUT2D eigenvalue weighted by Gasteiger charge is 2.36. The lowest BCUT2D eigenvalue weighted by atomic mass is 9.74. The van der Waals surface area contributed by atoms with E-state index in [0.717, 1.165) is 51.4 Å². The molecule has 0 saturated heterocycles. The van der Waals surface area contributed by atoms with Crippen molar-refractivity contribution in [2.24, 2.45) is 5.41 Å². The predicted octanol–water partition coefficient (Wildman–Crippen LogP) is 21.6. The molecule has 0 aromatic heterocycles. The third kappa shape index (κ3) is 50.4. The van der Waals surface area contributed by atoms with Crippen LogP contribution in [-0.2, 0) is 14.3 Å². The maximum absolute atomic E-state index is 12.6. The van der Waals surface area contributed by atoms with Gasteiger partial charge in [0, 0.05) is 6.42 Å². The molecule has 0 bridgehead atoms. The molecule has 0 aromatic carbocycles. The van der Waals surface area contributed by atoms with Gasteiger partial charge in [-0.05, 0) is 32.1 Å². The Bertz CT molecular complexity index is 833. The van der Waals surface area contributed by atoms with Crippen molar-refractivity contribution in [2.45, 2.75) is 362 Å². The molecule has 1 N–H and O–H groups in total. The lowest BCUT2D eigenvalue weighted by molar-refractivity contribution is -0.151. The van der Waals surface area contributed by atoms with E-state index in [0.29, 0.717) is 13.0 Å². The number of hydrogen-bond acceptors (Lipinski definition) is 3. The first-order valence-electron chi connectivity index (χ1n) is 29.8. The Morgan fingerprint density at radius 3 is 0.734 bits per heavy atom. The summed E-state index contributed by atoms with van der Waals surface area (Å²) in [5.74, 6) is -0.477. The maximum Gasteiger partial charge on any atom is 0.309 e. The molecule has 0 heterocycles. The molecule has 0 rings (SSSR count). The molecule has 384 valence electrons. The fraction of sp³-hybridized carbons (Fsp3) is 0.967. The second-order valence-electron chi connectivity index (χ2n) is 20.7. The second kappa shape index (κ2) is 56.3. The molecule has 0 saturated carbocycles. The maximum atomic E-state index is 12.6. The first kappa shape index (κ1) is 65.0. The fourth-order valence-corrected chi connectivity index (χ4v) is 9.62. The zero-order valence-corrected chi connectivity index (χ0v) is 44.9. The number of carbonyl (C=O) groups is 2. The van der Waals surface area contributed by atoms with Crippen LogP contribution in [0.3, 0.4) is 0 Å². The van der Waals surface area contributed by atoms with Crippen LogP contribution in [0.2, 0.25) is 0 Å². The van der Waals surface area contributed by atoms with Gasteiger partial charge in [-0.2, -0.15) is 0 Å². The normalized spacial score (nSPS) is 11.5. The van der Waals surface area contributed by atoms with Crippen molar-refractivity contribution >= 4 is 11.9 Å². The van der Waals surface area contributed by atoms with Crippen LogP contribution in [0, 0.1) is 5.41 Å². The smallest absolute Gasteiger partial charge is 0.309 e. The SMILES string of the molecule is CCCCCCCCCCCCC(CCCCCCCC)(CCCCCCCCCCCC)C(=O)O.CCCCCCCCCCCCCC(=O)OCCCCCCCCCCCC. The summed E-state index contributed by atoms with van der Waals surface area (Å²) in [6, 6.07) is 0. The molecule has 0 unspecified atom stereocenters. The number of carbonyl (C=O) groups excluding carboxylic acids is 1. The predicted molar refractivity (Wildman–Crippen MR) is 285 cm³/mol. The Labute approximate surface area is 404 Å². The van der Waals surface area contributed by atoms with E-state index in [4.69, 9.17) is 4.74 Å². The van der Waals surface area contributed by atoms with Crippen molar-refractivity contribution in [3.63, 3.8) is 0 Å². The van der Waals surface area contributed by atoms with Gasteiger partial charge in [-0.15, -0.1) is 0 Å². The van der Waals surface area contributed by atoms with E-state index in [1.807, 2.05) is 0 Å². The first-order chi connectivity index (χ1) is 31.4. The Kier molecular flexibility index (Phi) is 57.2.